The first kappa shape index (κ1) is 17.1. The molecule has 0 bridgehead atoms. The molecule has 0 aromatic heterocycles. The fourth-order valence-corrected chi connectivity index (χ4v) is 2.87. The van der Waals surface area contributed by atoms with Gasteiger partial charge in [0.15, 0.2) is 5.78 Å². The van der Waals surface area contributed by atoms with E-state index < -0.39 is 6.36 Å². The molecule has 2 aromatic carbocycles. The second kappa shape index (κ2) is 7.01. The molecule has 0 fully saturated rings. The Morgan fingerprint density at radius 3 is 2.28 bits per heavy atom. The Hall–Kier alpha value is -2.76. The summed E-state index contributed by atoms with van der Waals surface area (Å²) in [6, 6.07) is 15.2. The van der Waals surface area contributed by atoms with Crippen molar-refractivity contribution in [2.24, 2.45) is 0 Å². The molecule has 2 aromatic rings. The second-order valence-corrected chi connectivity index (χ2v) is 5.85. The van der Waals surface area contributed by atoms with Crippen molar-refractivity contribution < 1.29 is 22.7 Å². The molecule has 1 atom stereocenters. The molecule has 0 saturated carbocycles. The number of nitrogens with one attached hydrogen (secondary N) is 1. The first-order valence-electron chi connectivity index (χ1n) is 7.80. The van der Waals surface area contributed by atoms with Crippen LogP contribution in [0.2, 0.25) is 0 Å². The van der Waals surface area contributed by atoms with E-state index in [-0.39, 0.29) is 17.5 Å². The summed E-state index contributed by atoms with van der Waals surface area (Å²) in [5.41, 5.74) is 2.44. The molecule has 0 heterocycles. The summed E-state index contributed by atoms with van der Waals surface area (Å²) in [5, 5.41) is 3.10. The number of ketones is 1. The summed E-state index contributed by atoms with van der Waals surface area (Å²) in [6.07, 6.45) is -2.04. The maximum atomic E-state index is 12.2. The van der Waals surface area contributed by atoms with Crippen LogP contribution in [-0.2, 0) is 4.79 Å². The van der Waals surface area contributed by atoms with Gasteiger partial charge in [0.1, 0.15) is 5.75 Å². The number of ether oxygens (including phenoxy) is 1. The summed E-state index contributed by atoms with van der Waals surface area (Å²) in [4.78, 5) is 12.0. The van der Waals surface area contributed by atoms with Crippen LogP contribution in [0.3, 0.4) is 0 Å². The minimum absolute atomic E-state index is 0.0274. The van der Waals surface area contributed by atoms with E-state index in [9.17, 15) is 18.0 Å². The fraction of sp³-hybridized carbons (Fsp3) is 0.211. The molecular formula is C19H16F3NO2. The average molecular weight is 347 g/mol. The number of benzene rings is 2. The zero-order chi connectivity index (χ0) is 17.9. The summed E-state index contributed by atoms with van der Waals surface area (Å²) < 4.78 is 40.4. The van der Waals surface area contributed by atoms with E-state index in [0.29, 0.717) is 18.5 Å². The molecule has 25 heavy (non-hydrogen) atoms. The highest BCUT2D eigenvalue weighted by Gasteiger charge is 2.31. The second-order valence-electron chi connectivity index (χ2n) is 5.85. The minimum Gasteiger partial charge on any atom is -0.406 e. The van der Waals surface area contributed by atoms with Crippen LogP contribution >= 0.6 is 0 Å². The number of carbonyl (C=O) groups excluding carboxylic acids is 1. The Balaban J connectivity index is 1.68. The van der Waals surface area contributed by atoms with Gasteiger partial charge in [0.2, 0.25) is 0 Å². The van der Waals surface area contributed by atoms with Crippen molar-refractivity contribution >= 4 is 11.5 Å². The molecule has 0 saturated heterocycles. The van der Waals surface area contributed by atoms with Gasteiger partial charge in [0.25, 0.3) is 0 Å². The number of allylic oxidation sites excluding steroid dienone is 2. The zero-order valence-corrected chi connectivity index (χ0v) is 13.2. The van der Waals surface area contributed by atoms with Gasteiger partial charge < -0.3 is 10.1 Å². The van der Waals surface area contributed by atoms with Crippen molar-refractivity contribution in [2.45, 2.75) is 25.1 Å². The third-order valence-electron chi connectivity index (χ3n) is 3.91. The van der Waals surface area contributed by atoms with E-state index in [4.69, 9.17) is 0 Å². The van der Waals surface area contributed by atoms with Gasteiger partial charge in [-0.15, -0.1) is 13.2 Å². The molecule has 0 aliphatic heterocycles. The Morgan fingerprint density at radius 2 is 1.64 bits per heavy atom. The van der Waals surface area contributed by atoms with Crippen LogP contribution in [-0.4, -0.2) is 12.1 Å². The standard InChI is InChI=1S/C19H16F3NO2/c20-19(21,22)25-18-8-6-15(7-9-18)23-16-10-14(11-17(24)12-16)13-4-2-1-3-5-13/h1-9,12,14,23H,10-11H2/t14-/m1/s1. The monoisotopic (exact) mass is 347 g/mol. The molecule has 0 amide bonds. The van der Waals surface area contributed by atoms with Crippen molar-refractivity contribution in [3.05, 3.63) is 71.9 Å². The SMILES string of the molecule is O=C1C=C(Nc2ccc(OC(F)(F)F)cc2)C[C@@H](c2ccccc2)C1. The first-order valence-corrected chi connectivity index (χ1v) is 7.80. The van der Waals surface area contributed by atoms with E-state index in [1.807, 2.05) is 30.3 Å². The van der Waals surface area contributed by atoms with Crippen LogP contribution in [0.15, 0.2) is 66.4 Å². The van der Waals surface area contributed by atoms with Gasteiger partial charge in [-0.3, -0.25) is 4.79 Å². The highest BCUT2D eigenvalue weighted by atomic mass is 19.4. The smallest absolute Gasteiger partial charge is 0.406 e. The van der Waals surface area contributed by atoms with Gasteiger partial charge >= 0.3 is 6.36 Å². The molecule has 3 nitrogen and oxygen atoms in total. The zero-order valence-electron chi connectivity index (χ0n) is 13.2. The molecule has 0 unspecified atom stereocenters. The predicted molar refractivity (Wildman–Crippen MR) is 88.3 cm³/mol. The number of rotatable bonds is 4. The number of hydrogen-bond acceptors (Lipinski definition) is 3. The van der Waals surface area contributed by atoms with Gasteiger partial charge in [0, 0.05) is 23.9 Å². The quantitative estimate of drug-likeness (QED) is 0.843. The van der Waals surface area contributed by atoms with Gasteiger partial charge in [-0.05, 0) is 42.2 Å². The molecular weight excluding hydrogens is 331 g/mol. The Labute approximate surface area is 143 Å². The Bertz CT molecular complexity index is 768. The maximum absolute atomic E-state index is 12.2. The number of carbonyl (C=O) groups is 1. The summed E-state index contributed by atoms with van der Waals surface area (Å²) in [7, 11) is 0. The third-order valence-corrected chi connectivity index (χ3v) is 3.91. The largest absolute Gasteiger partial charge is 0.573 e. The average Bonchev–Trinajstić information content (AvgIpc) is 2.56. The summed E-state index contributed by atoms with van der Waals surface area (Å²) in [5.74, 6) is -0.164. The third kappa shape index (κ3) is 4.86. The number of anilines is 1. The molecule has 6 heteroatoms. The van der Waals surface area contributed by atoms with Crippen LogP contribution in [0.5, 0.6) is 5.75 Å². The highest BCUT2D eigenvalue weighted by molar-refractivity contribution is 5.92. The number of hydrogen-bond donors (Lipinski definition) is 1. The summed E-state index contributed by atoms with van der Waals surface area (Å²) in [6.45, 7) is 0. The fourth-order valence-electron chi connectivity index (χ4n) is 2.87. The Morgan fingerprint density at radius 1 is 0.960 bits per heavy atom. The molecule has 3 rings (SSSR count). The molecule has 130 valence electrons. The summed E-state index contributed by atoms with van der Waals surface area (Å²) >= 11 is 0. The number of halogens is 3. The van der Waals surface area contributed by atoms with E-state index >= 15 is 0 Å². The lowest BCUT2D eigenvalue weighted by molar-refractivity contribution is -0.274. The lowest BCUT2D eigenvalue weighted by Crippen LogP contribution is -2.17. The van der Waals surface area contributed by atoms with E-state index in [1.165, 1.54) is 24.3 Å². The topological polar surface area (TPSA) is 38.3 Å². The van der Waals surface area contributed by atoms with Crippen LogP contribution < -0.4 is 10.1 Å². The van der Waals surface area contributed by atoms with Gasteiger partial charge in [-0.25, -0.2) is 0 Å². The van der Waals surface area contributed by atoms with Crippen LogP contribution in [0, 0.1) is 0 Å². The van der Waals surface area contributed by atoms with Crippen molar-refractivity contribution in [3.63, 3.8) is 0 Å². The van der Waals surface area contributed by atoms with E-state index in [2.05, 4.69) is 10.1 Å². The van der Waals surface area contributed by atoms with Gasteiger partial charge in [0.05, 0.1) is 0 Å². The van der Waals surface area contributed by atoms with Gasteiger partial charge in [-0.1, -0.05) is 30.3 Å². The van der Waals surface area contributed by atoms with Crippen LogP contribution in [0.25, 0.3) is 0 Å². The van der Waals surface area contributed by atoms with Gasteiger partial charge in [-0.2, -0.15) is 0 Å². The Kier molecular flexibility index (Phi) is 4.79. The lowest BCUT2D eigenvalue weighted by Gasteiger charge is -2.23. The van der Waals surface area contributed by atoms with E-state index in [1.54, 1.807) is 6.08 Å². The molecule has 0 spiro atoms. The van der Waals surface area contributed by atoms with Crippen LogP contribution in [0.4, 0.5) is 18.9 Å². The first-order chi connectivity index (χ1) is 11.9. The van der Waals surface area contributed by atoms with Crippen molar-refractivity contribution in [2.75, 3.05) is 5.32 Å². The minimum atomic E-state index is -4.71. The van der Waals surface area contributed by atoms with Crippen molar-refractivity contribution in [3.8, 4) is 5.75 Å². The normalized spacial score (nSPS) is 17.8. The van der Waals surface area contributed by atoms with Crippen LogP contribution in [0.1, 0.15) is 24.3 Å². The number of alkyl halides is 3. The predicted octanol–water partition coefficient (Wildman–Crippen LogP) is 5.03. The van der Waals surface area contributed by atoms with Crippen molar-refractivity contribution in [1.82, 2.24) is 0 Å². The molecule has 0 radical (unpaired) electrons. The highest BCUT2D eigenvalue weighted by Crippen LogP contribution is 2.32. The maximum Gasteiger partial charge on any atom is 0.573 e. The van der Waals surface area contributed by atoms with E-state index in [0.717, 1.165) is 11.3 Å². The molecule has 1 N–H and O–H groups in total. The molecule has 1 aliphatic carbocycles. The molecule has 1 aliphatic rings. The van der Waals surface area contributed by atoms with Crippen molar-refractivity contribution in [1.29, 1.82) is 0 Å². The lowest BCUT2D eigenvalue weighted by atomic mass is 9.85.